The fourth-order valence-corrected chi connectivity index (χ4v) is 4.33. The second kappa shape index (κ2) is 8.14. The van der Waals surface area contributed by atoms with Crippen LogP contribution in [0.25, 0.3) is 5.76 Å². The maximum Gasteiger partial charge on any atom is 0.339 e. The fourth-order valence-electron chi connectivity index (χ4n) is 4.33. The van der Waals surface area contributed by atoms with Gasteiger partial charge in [0.15, 0.2) is 0 Å². The number of esters is 1. The van der Waals surface area contributed by atoms with Gasteiger partial charge in [-0.3, -0.25) is 14.5 Å². The molecule has 2 aliphatic heterocycles. The molecule has 174 valence electrons. The molecule has 3 N–H and O–H groups in total. The molecule has 2 aliphatic rings. The molecule has 0 spiro atoms. The summed E-state index contributed by atoms with van der Waals surface area (Å²) in [7, 11) is 0. The van der Waals surface area contributed by atoms with Crippen LogP contribution in [0.3, 0.4) is 0 Å². The van der Waals surface area contributed by atoms with Crippen LogP contribution < -0.4 is 4.90 Å². The lowest BCUT2D eigenvalue weighted by Crippen LogP contribution is -2.29. The number of ketones is 1. The van der Waals surface area contributed by atoms with Crippen molar-refractivity contribution in [2.24, 2.45) is 0 Å². The largest absolute Gasteiger partial charge is 0.507 e. The highest BCUT2D eigenvalue weighted by Crippen LogP contribution is 2.43. The van der Waals surface area contributed by atoms with Crippen LogP contribution in [0.4, 0.5) is 5.69 Å². The number of fused-ring (bicyclic) bond motifs is 1. The summed E-state index contributed by atoms with van der Waals surface area (Å²) >= 11 is 0. The van der Waals surface area contributed by atoms with Crippen molar-refractivity contribution in [1.29, 1.82) is 0 Å². The molecule has 35 heavy (non-hydrogen) atoms. The maximum absolute atomic E-state index is 13.2. The number of carbonyl (C=O) groups excluding carboxylic acids is 3. The van der Waals surface area contributed by atoms with E-state index in [1.165, 1.54) is 12.1 Å². The van der Waals surface area contributed by atoms with Gasteiger partial charge in [-0.15, -0.1) is 0 Å². The zero-order chi connectivity index (χ0) is 24.9. The third-order valence-corrected chi connectivity index (χ3v) is 6.00. The van der Waals surface area contributed by atoms with Gasteiger partial charge >= 0.3 is 11.9 Å². The van der Waals surface area contributed by atoms with Crippen LogP contribution in [-0.2, 0) is 20.9 Å². The Balaban J connectivity index is 1.75. The number of cyclic esters (lactones) is 1. The first-order valence-corrected chi connectivity index (χ1v) is 10.5. The van der Waals surface area contributed by atoms with Crippen LogP contribution in [0, 0.1) is 0 Å². The summed E-state index contributed by atoms with van der Waals surface area (Å²) < 4.78 is 5.05. The van der Waals surface area contributed by atoms with Crippen LogP contribution in [-0.4, -0.2) is 38.9 Å². The number of hydrogen-bond donors (Lipinski definition) is 3. The number of ether oxygens (including phenoxy) is 1. The number of benzene rings is 3. The summed E-state index contributed by atoms with van der Waals surface area (Å²) in [5, 5.41) is 30.4. The Labute approximate surface area is 198 Å². The molecule has 9 heteroatoms. The second-order valence-electron chi connectivity index (χ2n) is 8.03. The number of rotatable bonds is 4. The Morgan fingerprint density at radius 3 is 2.40 bits per heavy atom. The van der Waals surface area contributed by atoms with Gasteiger partial charge in [-0.2, -0.15) is 0 Å². The van der Waals surface area contributed by atoms with Crippen molar-refractivity contribution >= 4 is 35.1 Å². The van der Waals surface area contributed by atoms with Crippen molar-refractivity contribution in [3.05, 3.63) is 100 Å². The predicted octanol–water partition coefficient (Wildman–Crippen LogP) is 3.39. The average Bonchev–Trinajstić information content (AvgIpc) is 3.36. The standard InChI is InChI=1S/C26H17NO8/c28-19-9-7-16(11-18(19)25(32)33)27-21(14-6-8-17-15(10-14)12-35-26(17)34)20(23(30)24(27)31)22(29)13-4-2-1-3-5-13/h1-11,21,28-29H,12H2,(H,32,33)/b22-20-. The van der Waals surface area contributed by atoms with E-state index in [1.54, 1.807) is 42.5 Å². The smallest absolute Gasteiger partial charge is 0.339 e. The lowest BCUT2D eigenvalue weighted by atomic mass is 9.93. The molecule has 2 heterocycles. The highest BCUT2D eigenvalue weighted by atomic mass is 16.5. The van der Waals surface area contributed by atoms with E-state index in [9.17, 15) is 34.5 Å². The molecular weight excluding hydrogens is 454 g/mol. The first kappa shape index (κ1) is 21.9. The summed E-state index contributed by atoms with van der Waals surface area (Å²) in [5.41, 5.74) is 1.000. The summed E-state index contributed by atoms with van der Waals surface area (Å²) in [5.74, 6) is -4.77. The summed E-state index contributed by atoms with van der Waals surface area (Å²) in [6.07, 6.45) is 0. The van der Waals surface area contributed by atoms with Gasteiger partial charge in [-0.25, -0.2) is 9.59 Å². The number of carbonyl (C=O) groups is 4. The number of hydrogen-bond acceptors (Lipinski definition) is 7. The molecule has 0 bridgehead atoms. The molecule has 3 aromatic carbocycles. The third kappa shape index (κ3) is 3.50. The van der Waals surface area contributed by atoms with Gasteiger partial charge in [0.25, 0.3) is 11.7 Å². The van der Waals surface area contributed by atoms with Gasteiger partial charge in [-0.1, -0.05) is 36.4 Å². The van der Waals surface area contributed by atoms with Gasteiger partial charge in [0.1, 0.15) is 23.7 Å². The lowest BCUT2D eigenvalue weighted by Gasteiger charge is -2.26. The van der Waals surface area contributed by atoms with Crippen molar-refractivity contribution in [2.75, 3.05) is 4.90 Å². The number of anilines is 1. The normalized spacial score (nSPS) is 18.5. The van der Waals surface area contributed by atoms with E-state index in [2.05, 4.69) is 0 Å². The summed E-state index contributed by atoms with van der Waals surface area (Å²) in [6, 6.07) is 15.3. The highest BCUT2D eigenvalue weighted by Gasteiger charge is 2.47. The van der Waals surface area contributed by atoms with Gasteiger partial charge in [0, 0.05) is 16.8 Å². The predicted molar refractivity (Wildman–Crippen MR) is 122 cm³/mol. The molecule has 1 atom stereocenters. The minimum absolute atomic E-state index is 0.0166. The highest BCUT2D eigenvalue weighted by molar-refractivity contribution is 6.51. The van der Waals surface area contributed by atoms with Crippen molar-refractivity contribution < 1.29 is 39.2 Å². The average molecular weight is 471 g/mol. The first-order chi connectivity index (χ1) is 16.8. The van der Waals surface area contributed by atoms with Crippen molar-refractivity contribution in [2.45, 2.75) is 12.6 Å². The van der Waals surface area contributed by atoms with Crippen LogP contribution in [0.2, 0.25) is 0 Å². The SMILES string of the molecule is O=C1C(=O)N(c2ccc(O)c(C(=O)O)c2)C(c2ccc3c(c2)COC3=O)/C1=C(/O)c1ccccc1. The number of aromatic carboxylic acids is 1. The van der Waals surface area contributed by atoms with Crippen molar-refractivity contribution in [1.82, 2.24) is 0 Å². The van der Waals surface area contributed by atoms with Crippen LogP contribution in [0.1, 0.15) is 43.4 Å². The minimum atomic E-state index is -1.42. The van der Waals surface area contributed by atoms with Crippen LogP contribution >= 0.6 is 0 Å². The van der Waals surface area contributed by atoms with Gasteiger partial charge < -0.3 is 20.1 Å². The lowest BCUT2D eigenvalue weighted by molar-refractivity contribution is -0.132. The minimum Gasteiger partial charge on any atom is -0.507 e. The molecule has 0 aromatic heterocycles. The molecule has 0 aliphatic carbocycles. The van der Waals surface area contributed by atoms with E-state index >= 15 is 0 Å². The molecule has 9 nitrogen and oxygen atoms in total. The van der Waals surface area contributed by atoms with Crippen molar-refractivity contribution in [3.63, 3.8) is 0 Å². The van der Waals surface area contributed by atoms with E-state index in [0.29, 0.717) is 22.3 Å². The Bertz CT molecular complexity index is 1460. The molecule has 1 amide bonds. The molecular formula is C26H17NO8. The second-order valence-corrected chi connectivity index (χ2v) is 8.03. The number of carboxylic acids is 1. The Kier molecular flexibility index (Phi) is 5.09. The number of aromatic hydroxyl groups is 1. The monoisotopic (exact) mass is 471 g/mol. The molecule has 0 radical (unpaired) electrons. The number of aliphatic hydroxyl groups excluding tert-OH is 1. The van der Waals surface area contributed by atoms with E-state index in [0.717, 1.165) is 17.0 Å². The Morgan fingerprint density at radius 2 is 1.69 bits per heavy atom. The summed E-state index contributed by atoms with van der Waals surface area (Å²) in [6.45, 7) is 0.0166. The maximum atomic E-state index is 13.2. The van der Waals surface area contributed by atoms with E-state index in [1.807, 2.05) is 0 Å². The van der Waals surface area contributed by atoms with Gasteiger partial charge in [0.05, 0.1) is 17.2 Å². The number of aliphatic hydroxyl groups is 1. The zero-order valence-electron chi connectivity index (χ0n) is 18.0. The third-order valence-electron chi connectivity index (χ3n) is 6.00. The number of carboxylic acid groups (broad SMARTS) is 1. The van der Waals surface area contributed by atoms with Gasteiger partial charge in [0.2, 0.25) is 0 Å². The number of phenols is 1. The van der Waals surface area contributed by atoms with E-state index in [4.69, 9.17) is 4.74 Å². The molecule has 1 unspecified atom stereocenters. The fraction of sp³-hybridized carbons (Fsp3) is 0.0769. The first-order valence-electron chi connectivity index (χ1n) is 10.5. The van der Waals surface area contributed by atoms with Crippen LogP contribution in [0.5, 0.6) is 5.75 Å². The molecule has 5 rings (SSSR count). The molecule has 3 aromatic rings. The quantitative estimate of drug-likeness (QED) is 0.228. The molecule has 1 fully saturated rings. The number of nitrogens with zero attached hydrogens (tertiary/aromatic N) is 1. The summed E-state index contributed by atoms with van der Waals surface area (Å²) in [4.78, 5) is 51.0. The van der Waals surface area contributed by atoms with Crippen molar-refractivity contribution in [3.8, 4) is 5.75 Å². The number of amides is 1. The topological polar surface area (TPSA) is 141 Å². The Hall–Kier alpha value is -4.92. The Morgan fingerprint density at radius 1 is 0.943 bits per heavy atom. The zero-order valence-corrected chi connectivity index (χ0v) is 18.0. The molecule has 0 saturated carbocycles. The number of Topliss-reactive ketones (excluding diaryl/α,β-unsaturated/α-hetero) is 1. The van der Waals surface area contributed by atoms with Crippen LogP contribution in [0.15, 0.2) is 72.3 Å². The van der Waals surface area contributed by atoms with E-state index in [-0.39, 0.29) is 17.9 Å². The van der Waals surface area contributed by atoms with E-state index < -0.39 is 46.7 Å². The van der Waals surface area contributed by atoms with Gasteiger partial charge in [-0.05, 0) is 35.9 Å². The molecule has 1 saturated heterocycles.